The van der Waals surface area contributed by atoms with Crippen LogP contribution in [0.15, 0.2) is 24.3 Å². The van der Waals surface area contributed by atoms with Crippen LogP contribution in [-0.2, 0) is 10.2 Å². The van der Waals surface area contributed by atoms with Gasteiger partial charge in [-0.05, 0) is 23.6 Å². The molecule has 0 fully saturated rings. The smallest absolute Gasteiger partial charge is 0.207 e. The highest BCUT2D eigenvalue weighted by molar-refractivity contribution is 7.87. The van der Waals surface area contributed by atoms with Crippen LogP contribution in [0.1, 0.15) is 39.3 Å². The van der Waals surface area contributed by atoms with Crippen LogP contribution in [0.4, 0.5) is 4.39 Å². The quantitative estimate of drug-likeness (QED) is 0.842. The van der Waals surface area contributed by atoms with E-state index in [0.717, 1.165) is 5.56 Å². The molecule has 0 saturated heterocycles. The van der Waals surface area contributed by atoms with Crippen LogP contribution in [-0.4, -0.2) is 25.8 Å². The largest absolute Gasteiger partial charge is 0.279 e. The first-order valence-corrected chi connectivity index (χ1v) is 8.28. The lowest BCUT2D eigenvalue weighted by Gasteiger charge is -2.27. The summed E-state index contributed by atoms with van der Waals surface area (Å²) in [5.41, 5.74) is 0.761. The van der Waals surface area contributed by atoms with Crippen LogP contribution in [0, 0.1) is 11.7 Å². The molecule has 20 heavy (non-hydrogen) atoms. The van der Waals surface area contributed by atoms with Crippen molar-refractivity contribution in [3.05, 3.63) is 35.6 Å². The molecule has 0 saturated carbocycles. The Morgan fingerprint density at radius 1 is 1.15 bits per heavy atom. The molecule has 1 rings (SSSR count). The predicted octanol–water partition coefficient (Wildman–Crippen LogP) is 2.70. The summed E-state index contributed by atoms with van der Waals surface area (Å²) >= 11 is 0. The Morgan fingerprint density at radius 3 is 2.05 bits per heavy atom. The Balaban J connectivity index is 3.02. The number of nitrogens with zero attached hydrogens (tertiary/aromatic N) is 1. The zero-order valence-corrected chi connectivity index (χ0v) is 13.2. The van der Waals surface area contributed by atoms with Crippen molar-refractivity contribution in [1.82, 2.24) is 9.03 Å². The minimum absolute atomic E-state index is 0.0609. The van der Waals surface area contributed by atoms with E-state index in [1.165, 1.54) is 16.4 Å². The highest BCUT2D eigenvalue weighted by Crippen LogP contribution is 2.23. The molecule has 0 spiro atoms. The van der Waals surface area contributed by atoms with Gasteiger partial charge in [-0.3, -0.25) is 0 Å². The standard InChI is InChI=1S/C14H23FN2O2S/c1-5-17(6-2)20(18,19)16-14(11(3)4)12-7-9-13(15)10-8-12/h7-11,14,16H,5-6H2,1-4H3. The molecule has 1 aromatic rings. The van der Waals surface area contributed by atoms with Crippen LogP contribution in [0.3, 0.4) is 0 Å². The van der Waals surface area contributed by atoms with Crippen molar-refractivity contribution in [2.24, 2.45) is 5.92 Å². The van der Waals surface area contributed by atoms with E-state index in [-0.39, 0.29) is 17.8 Å². The van der Waals surface area contributed by atoms with E-state index in [9.17, 15) is 12.8 Å². The van der Waals surface area contributed by atoms with E-state index in [0.29, 0.717) is 13.1 Å². The predicted molar refractivity (Wildman–Crippen MR) is 79.0 cm³/mol. The zero-order chi connectivity index (χ0) is 15.3. The van der Waals surface area contributed by atoms with Crippen LogP contribution >= 0.6 is 0 Å². The molecular formula is C14H23FN2O2S. The van der Waals surface area contributed by atoms with E-state index in [4.69, 9.17) is 0 Å². The van der Waals surface area contributed by atoms with Gasteiger partial charge in [0.1, 0.15) is 5.82 Å². The van der Waals surface area contributed by atoms with Gasteiger partial charge in [0.2, 0.25) is 0 Å². The molecule has 1 atom stereocenters. The third-order valence-corrected chi connectivity index (χ3v) is 4.97. The molecular weight excluding hydrogens is 279 g/mol. The van der Waals surface area contributed by atoms with Crippen molar-refractivity contribution in [3.63, 3.8) is 0 Å². The second-order valence-corrected chi connectivity index (χ2v) is 6.68. The van der Waals surface area contributed by atoms with Crippen LogP contribution in [0.25, 0.3) is 0 Å². The second-order valence-electron chi connectivity index (χ2n) is 4.98. The summed E-state index contributed by atoms with van der Waals surface area (Å²) in [5, 5.41) is 0. The average Bonchev–Trinajstić information content (AvgIpc) is 2.38. The molecule has 6 heteroatoms. The monoisotopic (exact) mass is 302 g/mol. The van der Waals surface area contributed by atoms with Gasteiger partial charge in [0, 0.05) is 13.1 Å². The first-order chi connectivity index (χ1) is 9.31. The molecule has 4 nitrogen and oxygen atoms in total. The van der Waals surface area contributed by atoms with Gasteiger partial charge in [0.15, 0.2) is 0 Å². The van der Waals surface area contributed by atoms with Crippen molar-refractivity contribution < 1.29 is 12.8 Å². The summed E-state index contributed by atoms with van der Waals surface area (Å²) in [7, 11) is -3.54. The van der Waals surface area contributed by atoms with Crippen molar-refractivity contribution in [2.75, 3.05) is 13.1 Å². The van der Waals surface area contributed by atoms with Gasteiger partial charge in [-0.1, -0.05) is 39.8 Å². The Bertz CT molecular complexity index is 510. The molecule has 0 aliphatic carbocycles. The SMILES string of the molecule is CCN(CC)S(=O)(=O)NC(c1ccc(F)cc1)C(C)C. The number of hydrogen-bond acceptors (Lipinski definition) is 2. The molecule has 0 aliphatic heterocycles. The van der Waals surface area contributed by atoms with E-state index < -0.39 is 10.2 Å². The lowest BCUT2D eigenvalue weighted by atomic mass is 9.97. The average molecular weight is 302 g/mol. The number of halogens is 1. The summed E-state index contributed by atoms with van der Waals surface area (Å²) in [6.07, 6.45) is 0. The lowest BCUT2D eigenvalue weighted by molar-refractivity contribution is 0.403. The molecule has 114 valence electrons. The summed E-state index contributed by atoms with van der Waals surface area (Å²) in [4.78, 5) is 0. The molecule has 0 aromatic heterocycles. The molecule has 1 unspecified atom stereocenters. The summed E-state index contributed by atoms with van der Waals surface area (Å²) in [5.74, 6) is -0.270. The molecule has 0 aliphatic rings. The number of nitrogens with one attached hydrogen (secondary N) is 1. The van der Waals surface area contributed by atoms with Gasteiger partial charge in [0.05, 0.1) is 6.04 Å². The van der Waals surface area contributed by atoms with Crippen molar-refractivity contribution in [1.29, 1.82) is 0 Å². The van der Waals surface area contributed by atoms with E-state index in [1.807, 2.05) is 13.8 Å². The summed E-state index contributed by atoms with van der Waals surface area (Å²) < 4.78 is 41.6. The van der Waals surface area contributed by atoms with Crippen LogP contribution < -0.4 is 4.72 Å². The van der Waals surface area contributed by atoms with Crippen LogP contribution in [0.5, 0.6) is 0 Å². The lowest BCUT2D eigenvalue weighted by Crippen LogP contribution is -2.43. The minimum Gasteiger partial charge on any atom is -0.207 e. The Kier molecular flexibility index (Phi) is 6.10. The molecule has 0 radical (unpaired) electrons. The highest BCUT2D eigenvalue weighted by Gasteiger charge is 2.26. The summed E-state index contributed by atoms with van der Waals surface area (Å²) in [6, 6.07) is 5.55. The Morgan fingerprint density at radius 2 is 1.65 bits per heavy atom. The van der Waals surface area contributed by atoms with Crippen molar-refractivity contribution in [2.45, 2.75) is 33.7 Å². The minimum atomic E-state index is -3.54. The first-order valence-electron chi connectivity index (χ1n) is 6.84. The van der Waals surface area contributed by atoms with Gasteiger partial charge in [0.25, 0.3) is 10.2 Å². The fourth-order valence-electron chi connectivity index (χ4n) is 2.06. The maximum atomic E-state index is 13.0. The molecule has 0 heterocycles. The molecule has 0 bridgehead atoms. The van der Waals surface area contributed by atoms with Gasteiger partial charge in [-0.25, -0.2) is 4.39 Å². The fraction of sp³-hybridized carbons (Fsp3) is 0.571. The van der Waals surface area contributed by atoms with Gasteiger partial charge < -0.3 is 0 Å². The van der Waals surface area contributed by atoms with E-state index in [1.54, 1.807) is 26.0 Å². The van der Waals surface area contributed by atoms with E-state index in [2.05, 4.69) is 4.72 Å². The topological polar surface area (TPSA) is 49.4 Å². The van der Waals surface area contributed by atoms with Gasteiger partial charge in [-0.2, -0.15) is 17.4 Å². The molecule has 1 N–H and O–H groups in total. The number of hydrogen-bond donors (Lipinski definition) is 1. The van der Waals surface area contributed by atoms with Crippen molar-refractivity contribution >= 4 is 10.2 Å². The second kappa shape index (κ2) is 7.15. The third kappa shape index (κ3) is 4.26. The maximum absolute atomic E-state index is 13.0. The zero-order valence-electron chi connectivity index (χ0n) is 12.4. The van der Waals surface area contributed by atoms with Gasteiger partial charge in [-0.15, -0.1) is 0 Å². The summed E-state index contributed by atoms with van der Waals surface area (Å²) in [6.45, 7) is 8.29. The van der Waals surface area contributed by atoms with Crippen molar-refractivity contribution in [3.8, 4) is 0 Å². The number of rotatable bonds is 7. The third-order valence-electron chi connectivity index (χ3n) is 3.22. The van der Waals surface area contributed by atoms with Gasteiger partial charge >= 0.3 is 0 Å². The first kappa shape index (κ1) is 17.1. The molecule has 1 aromatic carbocycles. The Hall–Kier alpha value is -0.980. The highest BCUT2D eigenvalue weighted by atomic mass is 32.2. The molecule has 0 amide bonds. The van der Waals surface area contributed by atoms with Crippen LogP contribution in [0.2, 0.25) is 0 Å². The van der Waals surface area contributed by atoms with E-state index >= 15 is 0 Å². The normalized spacial score (nSPS) is 13.9. The maximum Gasteiger partial charge on any atom is 0.279 e. The fourth-order valence-corrected chi connectivity index (χ4v) is 3.62. The number of benzene rings is 1. The Labute approximate surface area is 121 Å².